The monoisotopic (exact) mass is 379 g/mol. The van der Waals surface area contributed by atoms with E-state index in [1.54, 1.807) is 37.4 Å². The number of carbonyl (C=O) groups is 1. The molecule has 1 amide bonds. The van der Waals surface area contributed by atoms with Crippen molar-refractivity contribution in [3.8, 4) is 17.2 Å². The molecule has 0 aliphatic heterocycles. The zero-order chi connectivity index (χ0) is 18.8. The van der Waals surface area contributed by atoms with Gasteiger partial charge in [-0.1, -0.05) is 29.8 Å². The quantitative estimate of drug-likeness (QED) is 0.636. The number of halogens is 1. The summed E-state index contributed by atoms with van der Waals surface area (Å²) >= 11 is 6.16. The highest BCUT2D eigenvalue weighted by Crippen LogP contribution is 2.33. The molecule has 2 aromatic carbocycles. The molecule has 1 N–H and O–H groups in total. The minimum absolute atomic E-state index is 0.173. The highest BCUT2D eigenvalue weighted by molar-refractivity contribution is 6.32. The van der Waals surface area contributed by atoms with E-state index in [0.717, 1.165) is 0 Å². The number of hydrogen-bond acceptors (Lipinski definition) is 5. The lowest BCUT2D eigenvalue weighted by atomic mass is 10.3. The number of carbonyl (C=O) groups excluding carboxylic acids is 1. The molecule has 0 aromatic heterocycles. The summed E-state index contributed by atoms with van der Waals surface area (Å²) in [4.78, 5) is 12.2. The molecule has 2 aromatic rings. The summed E-state index contributed by atoms with van der Waals surface area (Å²) in [5, 5.41) is 3.15. The SMILES string of the molecule is CCOc1ccccc1OCC(=O)Nc1cccc(Cl)c1OCCOC. The third-order valence-electron chi connectivity index (χ3n) is 3.28. The summed E-state index contributed by atoms with van der Waals surface area (Å²) in [5.41, 5.74) is 0.472. The smallest absolute Gasteiger partial charge is 0.262 e. The lowest BCUT2D eigenvalue weighted by Crippen LogP contribution is -2.21. The van der Waals surface area contributed by atoms with E-state index in [1.165, 1.54) is 0 Å². The van der Waals surface area contributed by atoms with Crippen LogP contribution in [-0.4, -0.2) is 39.4 Å². The van der Waals surface area contributed by atoms with Gasteiger partial charge in [0, 0.05) is 7.11 Å². The molecule has 6 nitrogen and oxygen atoms in total. The number of nitrogens with one attached hydrogen (secondary N) is 1. The molecule has 0 fully saturated rings. The molecular weight excluding hydrogens is 358 g/mol. The van der Waals surface area contributed by atoms with Crippen LogP contribution < -0.4 is 19.5 Å². The van der Waals surface area contributed by atoms with Crippen LogP contribution >= 0.6 is 11.6 Å². The number of benzene rings is 2. The number of anilines is 1. The van der Waals surface area contributed by atoms with Gasteiger partial charge in [0.25, 0.3) is 5.91 Å². The molecular formula is C19H22ClNO5. The number of rotatable bonds is 10. The summed E-state index contributed by atoms with van der Waals surface area (Å²) in [6.07, 6.45) is 0. The average Bonchev–Trinajstić information content (AvgIpc) is 2.63. The predicted molar refractivity (Wildman–Crippen MR) is 101 cm³/mol. The summed E-state index contributed by atoms with van der Waals surface area (Å²) in [7, 11) is 1.58. The van der Waals surface area contributed by atoms with Crippen molar-refractivity contribution in [1.82, 2.24) is 0 Å². The molecule has 0 aliphatic rings. The first-order valence-electron chi connectivity index (χ1n) is 8.20. The lowest BCUT2D eigenvalue weighted by Gasteiger charge is -2.15. The zero-order valence-electron chi connectivity index (χ0n) is 14.8. The molecule has 0 unspecified atom stereocenters. The fraction of sp³-hybridized carbons (Fsp3) is 0.316. The zero-order valence-corrected chi connectivity index (χ0v) is 15.5. The van der Waals surface area contributed by atoms with E-state index in [9.17, 15) is 4.79 Å². The Hall–Kier alpha value is -2.44. The fourth-order valence-corrected chi connectivity index (χ4v) is 2.38. The molecule has 0 atom stereocenters. The van der Waals surface area contributed by atoms with Crippen LogP contribution in [0.1, 0.15) is 6.92 Å². The van der Waals surface area contributed by atoms with Crippen molar-refractivity contribution in [2.45, 2.75) is 6.92 Å². The first-order valence-corrected chi connectivity index (χ1v) is 8.58. The Morgan fingerprint density at radius 3 is 2.42 bits per heavy atom. The van der Waals surface area contributed by atoms with Gasteiger partial charge in [-0.2, -0.15) is 0 Å². The summed E-state index contributed by atoms with van der Waals surface area (Å²) in [5.74, 6) is 1.16. The maximum absolute atomic E-state index is 12.2. The third-order valence-corrected chi connectivity index (χ3v) is 3.58. The van der Waals surface area contributed by atoms with Crippen molar-refractivity contribution in [3.63, 3.8) is 0 Å². The Morgan fingerprint density at radius 2 is 1.73 bits per heavy atom. The van der Waals surface area contributed by atoms with Crippen LogP contribution in [0, 0.1) is 0 Å². The number of hydrogen-bond donors (Lipinski definition) is 1. The van der Waals surface area contributed by atoms with Crippen molar-refractivity contribution >= 4 is 23.2 Å². The predicted octanol–water partition coefficient (Wildman–Crippen LogP) is 3.78. The molecule has 0 spiro atoms. The molecule has 26 heavy (non-hydrogen) atoms. The molecule has 0 saturated carbocycles. The third kappa shape index (κ3) is 5.82. The van der Waals surface area contributed by atoms with Gasteiger partial charge in [0.2, 0.25) is 0 Å². The van der Waals surface area contributed by atoms with Gasteiger partial charge in [-0.25, -0.2) is 0 Å². The van der Waals surface area contributed by atoms with Gasteiger partial charge in [-0.15, -0.1) is 0 Å². The largest absolute Gasteiger partial charge is 0.490 e. The van der Waals surface area contributed by atoms with Gasteiger partial charge >= 0.3 is 0 Å². The maximum Gasteiger partial charge on any atom is 0.262 e. The first kappa shape index (κ1) is 19.9. The van der Waals surface area contributed by atoms with E-state index in [1.807, 2.05) is 19.1 Å². The summed E-state index contributed by atoms with van der Waals surface area (Å²) < 4.78 is 21.6. The Labute approximate surface area is 158 Å². The topological polar surface area (TPSA) is 66.0 Å². The summed E-state index contributed by atoms with van der Waals surface area (Å²) in [6, 6.07) is 12.3. The lowest BCUT2D eigenvalue weighted by molar-refractivity contribution is -0.118. The van der Waals surface area contributed by atoms with E-state index >= 15 is 0 Å². The van der Waals surface area contributed by atoms with Gasteiger partial charge in [-0.3, -0.25) is 4.79 Å². The van der Waals surface area contributed by atoms with Gasteiger partial charge in [-0.05, 0) is 31.2 Å². The second-order valence-electron chi connectivity index (χ2n) is 5.17. The van der Waals surface area contributed by atoms with Crippen LogP contribution in [0.4, 0.5) is 5.69 Å². The van der Waals surface area contributed by atoms with Crippen molar-refractivity contribution in [3.05, 3.63) is 47.5 Å². The van der Waals surface area contributed by atoms with Crippen molar-refractivity contribution in [2.24, 2.45) is 0 Å². The Kier molecular flexibility index (Phi) is 8.05. The highest BCUT2D eigenvalue weighted by atomic mass is 35.5. The number of ether oxygens (including phenoxy) is 4. The maximum atomic E-state index is 12.2. The standard InChI is InChI=1S/C19H22ClNO5/c1-3-24-16-9-4-5-10-17(16)26-13-18(22)21-15-8-6-7-14(20)19(15)25-12-11-23-2/h4-10H,3,11-13H2,1-2H3,(H,21,22). The minimum atomic E-state index is -0.338. The molecule has 2 rings (SSSR count). The second kappa shape index (κ2) is 10.5. The van der Waals surface area contributed by atoms with E-state index in [4.69, 9.17) is 30.5 Å². The van der Waals surface area contributed by atoms with Crippen molar-refractivity contribution in [1.29, 1.82) is 0 Å². The van der Waals surface area contributed by atoms with Gasteiger partial charge in [0.15, 0.2) is 23.9 Å². The number of methoxy groups -OCH3 is 1. The second-order valence-corrected chi connectivity index (χ2v) is 5.58. The van der Waals surface area contributed by atoms with E-state index in [0.29, 0.717) is 47.8 Å². The molecule has 140 valence electrons. The van der Waals surface area contributed by atoms with Crippen LogP contribution in [0.15, 0.2) is 42.5 Å². The van der Waals surface area contributed by atoms with Crippen molar-refractivity contribution in [2.75, 3.05) is 38.9 Å². The minimum Gasteiger partial charge on any atom is -0.490 e. The fourth-order valence-electron chi connectivity index (χ4n) is 2.15. The molecule has 0 saturated heterocycles. The van der Waals surface area contributed by atoms with E-state index < -0.39 is 0 Å². The molecule has 0 heterocycles. The van der Waals surface area contributed by atoms with Crippen LogP contribution in [0.2, 0.25) is 5.02 Å². The van der Waals surface area contributed by atoms with Crippen LogP contribution in [0.5, 0.6) is 17.2 Å². The van der Waals surface area contributed by atoms with Gasteiger partial charge in [0.05, 0.1) is 23.9 Å². The van der Waals surface area contributed by atoms with Crippen LogP contribution in [-0.2, 0) is 9.53 Å². The number of amides is 1. The highest BCUT2D eigenvalue weighted by Gasteiger charge is 2.13. The van der Waals surface area contributed by atoms with Crippen LogP contribution in [0.25, 0.3) is 0 Å². The average molecular weight is 380 g/mol. The number of para-hydroxylation sites is 3. The molecule has 0 bridgehead atoms. The van der Waals surface area contributed by atoms with Gasteiger partial charge < -0.3 is 24.3 Å². The summed E-state index contributed by atoms with van der Waals surface area (Å²) in [6.45, 7) is 2.95. The Bertz CT molecular complexity index is 723. The normalized spacial score (nSPS) is 10.3. The Balaban J connectivity index is 1.99. The van der Waals surface area contributed by atoms with E-state index in [2.05, 4.69) is 5.32 Å². The van der Waals surface area contributed by atoms with Crippen molar-refractivity contribution < 1.29 is 23.7 Å². The van der Waals surface area contributed by atoms with E-state index in [-0.39, 0.29) is 12.5 Å². The molecule has 0 aliphatic carbocycles. The Morgan fingerprint density at radius 1 is 1.00 bits per heavy atom. The van der Waals surface area contributed by atoms with Crippen LogP contribution in [0.3, 0.4) is 0 Å². The van der Waals surface area contributed by atoms with Gasteiger partial charge in [0.1, 0.15) is 6.61 Å². The molecule has 0 radical (unpaired) electrons. The molecule has 7 heteroatoms. The first-order chi connectivity index (χ1) is 12.7.